The molecule has 1 aliphatic heterocycles. The van der Waals surface area contributed by atoms with Gasteiger partial charge in [0.25, 0.3) is 5.91 Å². The summed E-state index contributed by atoms with van der Waals surface area (Å²) in [6, 6.07) is 0. The van der Waals surface area contributed by atoms with E-state index < -0.39 is 0 Å². The first-order chi connectivity index (χ1) is 11.8. The van der Waals surface area contributed by atoms with Crippen LogP contribution in [0.25, 0.3) is 0 Å². The summed E-state index contributed by atoms with van der Waals surface area (Å²) in [5.74, 6) is 0.0109. The molecule has 3 heterocycles. The molecule has 1 amide bonds. The van der Waals surface area contributed by atoms with E-state index in [0.29, 0.717) is 5.69 Å². The van der Waals surface area contributed by atoms with Crippen LogP contribution in [-0.4, -0.2) is 56.5 Å². The fraction of sp³-hybridized carbons (Fsp3) is 0.647. The van der Waals surface area contributed by atoms with Crippen molar-refractivity contribution in [1.82, 2.24) is 24.4 Å². The van der Waals surface area contributed by atoms with Gasteiger partial charge in [-0.25, -0.2) is 4.98 Å². The highest BCUT2D eigenvalue weighted by Gasteiger charge is 2.24. The third kappa shape index (κ3) is 4.43. The smallest absolute Gasteiger partial charge is 0.275 e. The van der Waals surface area contributed by atoms with Gasteiger partial charge in [0.2, 0.25) is 0 Å². The maximum Gasteiger partial charge on any atom is 0.275 e. The monoisotopic (exact) mass is 379 g/mol. The molecule has 0 N–H and O–H groups in total. The Morgan fingerprint density at radius 3 is 2.68 bits per heavy atom. The molecule has 0 aliphatic carbocycles. The Morgan fingerprint density at radius 1 is 1.24 bits per heavy atom. The minimum Gasteiger partial charge on any atom is -0.336 e. The van der Waals surface area contributed by atoms with Gasteiger partial charge in [0.05, 0.1) is 15.6 Å². The van der Waals surface area contributed by atoms with E-state index in [-0.39, 0.29) is 11.3 Å². The summed E-state index contributed by atoms with van der Waals surface area (Å²) in [6.45, 7) is 12.7. The number of hydrogen-bond donors (Lipinski definition) is 0. The van der Waals surface area contributed by atoms with Crippen molar-refractivity contribution in [2.75, 3.05) is 26.2 Å². The van der Waals surface area contributed by atoms with E-state index in [9.17, 15) is 4.79 Å². The largest absolute Gasteiger partial charge is 0.336 e. The third-order valence-electron chi connectivity index (χ3n) is 4.31. The average molecular weight is 380 g/mol. The van der Waals surface area contributed by atoms with Crippen LogP contribution in [-0.2, 0) is 12.0 Å². The first-order valence-electron chi connectivity index (χ1n) is 8.60. The maximum absolute atomic E-state index is 12.6. The lowest BCUT2D eigenvalue weighted by Crippen LogP contribution is -2.35. The molecule has 2 aromatic heterocycles. The lowest BCUT2D eigenvalue weighted by Gasteiger charge is -2.21. The molecule has 6 nitrogen and oxygen atoms in total. The first kappa shape index (κ1) is 18.4. The summed E-state index contributed by atoms with van der Waals surface area (Å²) in [6.07, 6.45) is 0.971. The molecule has 0 atom stereocenters. The number of amides is 1. The van der Waals surface area contributed by atoms with Crippen LogP contribution in [0, 0.1) is 6.92 Å². The Hall–Kier alpha value is -1.38. The molecule has 0 unspecified atom stereocenters. The first-order valence-corrected chi connectivity index (χ1v) is 10.3. The highest BCUT2D eigenvalue weighted by atomic mass is 32.1. The number of rotatable bonds is 3. The number of thiazole rings is 1. The Labute approximate surface area is 157 Å². The zero-order valence-electron chi connectivity index (χ0n) is 15.3. The van der Waals surface area contributed by atoms with Crippen LogP contribution < -0.4 is 0 Å². The van der Waals surface area contributed by atoms with Crippen LogP contribution in [0.5, 0.6) is 0 Å². The molecule has 1 aliphatic rings. The summed E-state index contributed by atoms with van der Waals surface area (Å²) in [7, 11) is 0. The van der Waals surface area contributed by atoms with Gasteiger partial charge in [-0.1, -0.05) is 25.3 Å². The van der Waals surface area contributed by atoms with Gasteiger partial charge >= 0.3 is 0 Å². The molecule has 2 aromatic rings. The van der Waals surface area contributed by atoms with Gasteiger partial charge in [-0.2, -0.15) is 0 Å². The van der Waals surface area contributed by atoms with Gasteiger partial charge in [0.15, 0.2) is 5.69 Å². The molecule has 0 radical (unpaired) electrons. The van der Waals surface area contributed by atoms with Crippen molar-refractivity contribution >= 4 is 28.8 Å². The molecule has 1 fully saturated rings. The molecular formula is C17H25N5OS2. The zero-order valence-corrected chi connectivity index (χ0v) is 16.9. The number of hydrogen-bond acceptors (Lipinski definition) is 7. The van der Waals surface area contributed by atoms with Gasteiger partial charge in [-0.05, 0) is 24.9 Å². The molecule has 3 rings (SSSR count). The fourth-order valence-electron chi connectivity index (χ4n) is 2.86. The highest BCUT2D eigenvalue weighted by molar-refractivity contribution is 7.09. The molecule has 25 heavy (non-hydrogen) atoms. The van der Waals surface area contributed by atoms with Gasteiger partial charge in [0, 0.05) is 43.5 Å². The third-order valence-corrected chi connectivity index (χ3v) is 6.26. The number of aromatic nitrogens is 3. The number of carbonyl (C=O) groups is 1. The van der Waals surface area contributed by atoms with Crippen LogP contribution in [0.1, 0.15) is 53.3 Å². The van der Waals surface area contributed by atoms with Crippen molar-refractivity contribution in [2.24, 2.45) is 0 Å². The molecule has 1 saturated heterocycles. The predicted molar refractivity (Wildman–Crippen MR) is 101 cm³/mol. The van der Waals surface area contributed by atoms with Crippen molar-refractivity contribution in [3.8, 4) is 0 Å². The van der Waals surface area contributed by atoms with Crippen LogP contribution >= 0.6 is 22.9 Å². The normalized spacial score (nSPS) is 16.9. The van der Waals surface area contributed by atoms with Crippen LogP contribution in [0.4, 0.5) is 0 Å². The van der Waals surface area contributed by atoms with Crippen molar-refractivity contribution < 1.29 is 4.79 Å². The molecule has 8 heteroatoms. The molecule has 0 saturated carbocycles. The second kappa shape index (κ2) is 7.47. The van der Waals surface area contributed by atoms with Crippen LogP contribution in [0.2, 0.25) is 0 Å². The molecule has 0 aromatic carbocycles. The number of carbonyl (C=O) groups excluding carboxylic acids is 1. The van der Waals surface area contributed by atoms with Crippen LogP contribution in [0.15, 0.2) is 5.38 Å². The summed E-state index contributed by atoms with van der Waals surface area (Å²) in [4.78, 5) is 22.6. The van der Waals surface area contributed by atoms with E-state index in [4.69, 9.17) is 4.98 Å². The van der Waals surface area contributed by atoms with Gasteiger partial charge in [-0.3, -0.25) is 9.69 Å². The topological polar surface area (TPSA) is 62.2 Å². The van der Waals surface area contributed by atoms with Crippen LogP contribution in [0.3, 0.4) is 0 Å². The van der Waals surface area contributed by atoms with Gasteiger partial charge in [0.1, 0.15) is 0 Å². The second-order valence-electron chi connectivity index (χ2n) is 7.49. The van der Waals surface area contributed by atoms with E-state index in [1.54, 1.807) is 11.3 Å². The zero-order chi connectivity index (χ0) is 18.0. The van der Waals surface area contributed by atoms with E-state index in [2.05, 4.69) is 40.6 Å². The van der Waals surface area contributed by atoms with E-state index in [0.717, 1.165) is 49.7 Å². The standard InChI is InChI=1S/C17H25N5OS2/c1-12-14(19-20-25-12)15(23)22-7-5-6-21(8-9-22)10-13-11-24-16(18-13)17(2,3)4/h11H,5-10H2,1-4H3. The minimum atomic E-state index is 0.0109. The molecule has 0 spiro atoms. The van der Waals surface area contributed by atoms with Crippen molar-refractivity contribution in [3.05, 3.63) is 26.7 Å². The Balaban J connectivity index is 1.59. The summed E-state index contributed by atoms with van der Waals surface area (Å²) < 4.78 is 3.88. The summed E-state index contributed by atoms with van der Waals surface area (Å²) >= 11 is 3.02. The Kier molecular flexibility index (Phi) is 5.50. The SMILES string of the molecule is Cc1snnc1C(=O)N1CCCN(Cc2csc(C(C)(C)C)n2)CC1. The van der Waals surface area contributed by atoms with Crippen molar-refractivity contribution in [1.29, 1.82) is 0 Å². The lowest BCUT2D eigenvalue weighted by molar-refractivity contribution is 0.0754. The molecular weight excluding hydrogens is 354 g/mol. The second-order valence-corrected chi connectivity index (χ2v) is 9.31. The number of aryl methyl sites for hydroxylation is 1. The Morgan fingerprint density at radius 2 is 2.04 bits per heavy atom. The van der Waals surface area contributed by atoms with Gasteiger partial charge in [-0.15, -0.1) is 16.4 Å². The molecule has 0 bridgehead atoms. The maximum atomic E-state index is 12.6. The number of nitrogens with zero attached hydrogens (tertiary/aromatic N) is 5. The quantitative estimate of drug-likeness (QED) is 0.820. The predicted octanol–water partition coefficient (Wildman–Crippen LogP) is 2.95. The summed E-state index contributed by atoms with van der Waals surface area (Å²) in [5.41, 5.74) is 1.74. The Bertz CT molecular complexity index is 733. The minimum absolute atomic E-state index is 0.0109. The van der Waals surface area contributed by atoms with E-state index >= 15 is 0 Å². The van der Waals surface area contributed by atoms with Crippen molar-refractivity contribution in [2.45, 2.75) is 46.1 Å². The van der Waals surface area contributed by atoms with E-state index in [1.165, 1.54) is 16.5 Å². The highest BCUT2D eigenvalue weighted by Crippen LogP contribution is 2.26. The lowest BCUT2D eigenvalue weighted by atomic mass is 9.98. The summed E-state index contributed by atoms with van der Waals surface area (Å²) in [5, 5.41) is 7.34. The van der Waals surface area contributed by atoms with Gasteiger partial charge < -0.3 is 4.90 Å². The average Bonchev–Trinajstić information content (AvgIpc) is 3.11. The van der Waals surface area contributed by atoms with Crippen molar-refractivity contribution in [3.63, 3.8) is 0 Å². The molecule has 136 valence electrons. The fourth-order valence-corrected chi connectivity index (χ4v) is 4.22. The van der Waals surface area contributed by atoms with E-state index in [1.807, 2.05) is 11.8 Å².